The van der Waals surface area contributed by atoms with Gasteiger partial charge in [-0.1, -0.05) is 18.2 Å². The maximum absolute atomic E-state index is 14.9. The van der Waals surface area contributed by atoms with E-state index in [-0.39, 0.29) is 23.8 Å². The molecule has 0 radical (unpaired) electrons. The van der Waals surface area contributed by atoms with Gasteiger partial charge >= 0.3 is 0 Å². The summed E-state index contributed by atoms with van der Waals surface area (Å²) in [6.45, 7) is 3.03. The van der Waals surface area contributed by atoms with Crippen LogP contribution in [-0.2, 0) is 11.2 Å². The van der Waals surface area contributed by atoms with Crippen molar-refractivity contribution >= 4 is 28.7 Å². The number of rotatable bonds is 7. The lowest BCUT2D eigenvalue weighted by molar-refractivity contribution is -0.133. The minimum atomic E-state index is -0.895. The van der Waals surface area contributed by atoms with Crippen LogP contribution >= 0.6 is 11.8 Å². The van der Waals surface area contributed by atoms with Crippen LogP contribution < -0.4 is 10.5 Å². The van der Waals surface area contributed by atoms with Crippen molar-refractivity contribution in [1.29, 1.82) is 0 Å². The summed E-state index contributed by atoms with van der Waals surface area (Å²) in [5.74, 6) is -2.52. The number of carbonyl (C=O) groups is 1. The molecule has 0 bridgehead atoms. The third kappa shape index (κ3) is 5.60. The first kappa shape index (κ1) is 25.2. The van der Waals surface area contributed by atoms with Crippen LogP contribution in [0.4, 0.5) is 8.78 Å². The Morgan fingerprint density at radius 3 is 2.59 bits per heavy atom. The standard InChI is InChI=1S/C27H27F2N5O2S/c1-16-14-31-25-23(16)26(33-15-32-25)36-24-20(28)11-17(12-21(24)29)13-22(30)27(35)34-9-7-19(8-10-34)37-18-5-3-2-4-6-18/h2-6,11-12,14-15,19,22H,7-10,13,30H2,1H3,(H,31,32,33). The number of piperidine rings is 1. The number of aromatic amines is 1. The number of likely N-dealkylation sites (tertiary alicyclic amines) is 1. The fourth-order valence-electron chi connectivity index (χ4n) is 4.55. The zero-order valence-corrected chi connectivity index (χ0v) is 21.1. The third-order valence-corrected chi connectivity index (χ3v) is 7.81. The molecular formula is C27H27F2N5O2S. The van der Waals surface area contributed by atoms with E-state index in [0.717, 1.165) is 30.5 Å². The van der Waals surface area contributed by atoms with E-state index < -0.39 is 23.4 Å². The average Bonchev–Trinajstić information content (AvgIpc) is 3.28. The lowest BCUT2D eigenvalue weighted by atomic mass is 10.0. The molecule has 192 valence electrons. The van der Waals surface area contributed by atoms with Crippen molar-refractivity contribution < 1.29 is 18.3 Å². The van der Waals surface area contributed by atoms with Gasteiger partial charge in [-0.2, -0.15) is 0 Å². The number of amides is 1. The number of halogens is 2. The Balaban J connectivity index is 1.21. The summed E-state index contributed by atoms with van der Waals surface area (Å²) in [7, 11) is 0. The topological polar surface area (TPSA) is 97.1 Å². The first-order valence-electron chi connectivity index (χ1n) is 12.1. The van der Waals surface area contributed by atoms with Gasteiger partial charge in [-0.05, 0) is 61.6 Å². The van der Waals surface area contributed by atoms with E-state index in [4.69, 9.17) is 10.5 Å². The van der Waals surface area contributed by atoms with E-state index in [2.05, 4.69) is 27.1 Å². The number of benzene rings is 2. The molecule has 10 heteroatoms. The van der Waals surface area contributed by atoms with Crippen molar-refractivity contribution in [2.45, 2.75) is 42.4 Å². The number of thioether (sulfide) groups is 1. The third-order valence-electron chi connectivity index (χ3n) is 6.46. The Morgan fingerprint density at radius 1 is 1.19 bits per heavy atom. The average molecular weight is 524 g/mol. The maximum atomic E-state index is 14.9. The molecule has 0 spiro atoms. The molecule has 5 rings (SSSR count). The summed E-state index contributed by atoms with van der Waals surface area (Å²) in [6, 6.07) is 11.6. The van der Waals surface area contributed by atoms with Crippen molar-refractivity contribution in [3.05, 3.63) is 77.8 Å². The SMILES string of the molecule is Cc1c[nH]c2ncnc(Oc3c(F)cc(CC(N)C(=O)N4CCC(Sc5ccccc5)CC4)cc3F)c12. The van der Waals surface area contributed by atoms with Gasteiger partial charge in [-0.3, -0.25) is 4.79 Å². The van der Waals surface area contributed by atoms with Crippen LogP contribution in [0.15, 0.2) is 59.9 Å². The van der Waals surface area contributed by atoms with Crippen LogP contribution in [0.5, 0.6) is 11.6 Å². The largest absolute Gasteiger partial charge is 0.432 e. The molecule has 0 saturated carbocycles. The molecule has 1 amide bonds. The molecule has 3 N–H and O–H groups in total. The Bertz CT molecular complexity index is 1380. The first-order valence-corrected chi connectivity index (χ1v) is 13.0. The lowest BCUT2D eigenvalue weighted by Crippen LogP contribution is -2.48. The van der Waals surface area contributed by atoms with Gasteiger partial charge in [0.25, 0.3) is 0 Å². The Labute approximate surface area is 217 Å². The fraction of sp³-hybridized carbons (Fsp3) is 0.296. The molecule has 3 heterocycles. The Hall–Kier alpha value is -3.50. The van der Waals surface area contributed by atoms with Gasteiger partial charge in [0.1, 0.15) is 12.0 Å². The number of H-pyrrole nitrogens is 1. The van der Waals surface area contributed by atoms with Gasteiger partial charge in [0.2, 0.25) is 17.5 Å². The predicted molar refractivity (Wildman–Crippen MR) is 139 cm³/mol. The molecular weight excluding hydrogens is 496 g/mol. The number of nitrogens with two attached hydrogens (primary N) is 1. The number of carbonyl (C=O) groups excluding carboxylic acids is 1. The summed E-state index contributed by atoms with van der Waals surface area (Å²) < 4.78 is 35.3. The van der Waals surface area contributed by atoms with Crippen molar-refractivity contribution in [2.75, 3.05) is 13.1 Å². The van der Waals surface area contributed by atoms with E-state index in [1.54, 1.807) is 11.1 Å². The van der Waals surface area contributed by atoms with E-state index >= 15 is 0 Å². The quantitative estimate of drug-likeness (QED) is 0.354. The van der Waals surface area contributed by atoms with E-state index in [0.29, 0.717) is 29.4 Å². The number of nitrogens with one attached hydrogen (secondary N) is 1. The highest BCUT2D eigenvalue weighted by atomic mass is 32.2. The van der Waals surface area contributed by atoms with Gasteiger partial charge in [-0.25, -0.2) is 18.7 Å². The first-order chi connectivity index (χ1) is 17.9. The van der Waals surface area contributed by atoms with E-state index in [1.807, 2.05) is 36.9 Å². The molecule has 1 atom stereocenters. The highest BCUT2D eigenvalue weighted by Crippen LogP contribution is 2.33. The predicted octanol–water partition coefficient (Wildman–Crippen LogP) is 4.99. The second kappa shape index (κ2) is 10.9. The van der Waals surface area contributed by atoms with Crippen molar-refractivity contribution in [1.82, 2.24) is 19.9 Å². The molecule has 37 heavy (non-hydrogen) atoms. The van der Waals surface area contributed by atoms with E-state index in [1.165, 1.54) is 11.2 Å². The van der Waals surface area contributed by atoms with Crippen LogP contribution in [0.3, 0.4) is 0 Å². The normalized spacial score (nSPS) is 15.2. The van der Waals surface area contributed by atoms with Crippen LogP contribution in [-0.4, -0.2) is 50.1 Å². The smallest absolute Gasteiger partial charge is 0.239 e. The van der Waals surface area contributed by atoms with Crippen LogP contribution in [0.1, 0.15) is 24.0 Å². The summed E-state index contributed by atoms with van der Waals surface area (Å²) >= 11 is 1.82. The van der Waals surface area contributed by atoms with Gasteiger partial charge in [-0.15, -0.1) is 11.8 Å². The zero-order valence-electron chi connectivity index (χ0n) is 20.3. The molecule has 1 aliphatic rings. The molecule has 7 nitrogen and oxygen atoms in total. The molecule has 1 saturated heterocycles. The molecule has 1 unspecified atom stereocenters. The van der Waals surface area contributed by atoms with Crippen molar-refractivity contribution in [3.63, 3.8) is 0 Å². The van der Waals surface area contributed by atoms with Crippen LogP contribution in [0.25, 0.3) is 11.0 Å². The molecule has 2 aromatic carbocycles. The van der Waals surface area contributed by atoms with Crippen molar-refractivity contribution in [3.8, 4) is 11.6 Å². The minimum Gasteiger partial charge on any atom is -0.432 e. The highest BCUT2D eigenvalue weighted by Gasteiger charge is 2.27. The lowest BCUT2D eigenvalue weighted by Gasteiger charge is -2.33. The van der Waals surface area contributed by atoms with Crippen molar-refractivity contribution in [2.24, 2.45) is 5.73 Å². The second-order valence-electron chi connectivity index (χ2n) is 9.13. The molecule has 1 aliphatic heterocycles. The van der Waals surface area contributed by atoms with Gasteiger partial charge < -0.3 is 20.4 Å². The molecule has 0 aliphatic carbocycles. The second-order valence-corrected chi connectivity index (χ2v) is 10.5. The fourth-order valence-corrected chi connectivity index (χ4v) is 5.69. The molecule has 4 aromatic rings. The van der Waals surface area contributed by atoms with Crippen LogP contribution in [0.2, 0.25) is 0 Å². The number of hydrogen-bond donors (Lipinski definition) is 2. The van der Waals surface area contributed by atoms with Crippen LogP contribution in [0, 0.1) is 18.6 Å². The summed E-state index contributed by atoms with van der Waals surface area (Å²) in [5, 5.41) is 0.980. The summed E-state index contributed by atoms with van der Waals surface area (Å²) in [6.07, 6.45) is 4.71. The number of aryl methyl sites for hydroxylation is 1. The summed E-state index contributed by atoms with van der Waals surface area (Å²) in [4.78, 5) is 27.0. The summed E-state index contributed by atoms with van der Waals surface area (Å²) in [5.41, 5.74) is 7.75. The number of hydrogen-bond acceptors (Lipinski definition) is 6. The number of fused-ring (bicyclic) bond motifs is 1. The Kier molecular flexibility index (Phi) is 7.38. The highest BCUT2D eigenvalue weighted by molar-refractivity contribution is 8.00. The van der Waals surface area contributed by atoms with Gasteiger partial charge in [0.05, 0.1) is 11.4 Å². The van der Waals surface area contributed by atoms with E-state index in [9.17, 15) is 13.6 Å². The number of nitrogens with zero attached hydrogens (tertiary/aromatic N) is 3. The number of ether oxygens (including phenoxy) is 1. The molecule has 1 fully saturated rings. The zero-order chi connectivity index (χ0) is 25.9. The van der Waals surface area contributed by atoms with Gasteiger partial charge in [0, 0.05) is 29.4 Å². The minimum absolute atomic E-state index is 0.0142. The van der Waals surface area contributed by atoms with Gasteiger partial charge in [0.15, 0.2) is 11.6 Å². The maximum Gasteiger partial charge on any atom is 0.239 e. The monoisotopic (exact) mass is 523 g/mol. The number of aromatic nitrogens is 3. The molecule has 2 aromatic heterocycles. The Morgan fingerprint density at radius 2 is 1.89 bits per heavy atom.